The van der Waals surface area contributed by atoms with Crippen LogP contribution in [0.15, 0.2) is 11.6 Å². The number of aliphatic hydroxyl groups is 14. The Morgan fingerprint density at radius 1 is 0.595 bits per heavy atom. The summed E-state index contributed by atoms with van der Waals surface area (Å²) in [5, 5.41) is 151. The first-order valence-electron chi connectivity index (χ1n) is 26.9. The number of hydrogen-bond donors (Lipinski definition) is 14. The van der Waals surface area contributed by atoms with Crippen molar-refractivity contribution >= 4 is 0 Å². The zero-order chi connectivity index (χ0) is 54.1. The highest BCUT2D eigenvalue weighted by Crippen LogP contribution is 2.73. The van der Waals surface area contributed by atoms with Gasteiger partial charge in [0.25, 0.3) is 0 Å². The SMILES string of the molecule is CC(C)=CCCC(C)(O[C@@H]1O[C@H](CO[C@H]2OC[C@@H](O)[C@H](O)[C@H]2O)[C@@H](O)[C@H](O)[C@H]1O)C1CCC2(C)C1C(O)CC1C3CCC(O[C@@H]4O[C@H](CO)[C@@H](O)[C@H](O)[C@H]4O[C@@H]4O[C@H](CO)[C@@H](O)[C@H](O)[C@H]4O)C(C)(C)C3CCC12C. The molecular formula is C52H88O22. The smallest absolute Gasteiger partial charge is 0.187 e. The van der Waals surface area contributed by atoms with Crippen LogP contribution in [0.25, 0.3) is 0 Å². The second kappa shape index (κ2) is 22.8. The van der Waals surface area contributed by atoms with Crippen LogP contribution < -0.4 is 0 Å². The minimum Gasteiger partial charge on any atom is -0.394 e. The Labute approximate surface area is 433 Å². The average molecular weight is 1070 g/mol. The van der Waals surface area contributed by atoms with Crippen LogP contribution in [0.3, 0.4) is 0 Å². The lowest BCUT2D eigenvalue weighted by Crippen LogP contribution is -2.66. The molecule has 428 valence electrons. The molecule has 22 heteroatoms. The predicted octanol–water partition coefficient (Wildman–Crippen LogP) is -1.95. The molecule has 0 aromatic carbocycles. The number of ether oxygens (including phenoxy) is 8. The molecule has 8 rings (SSSR count). The summed E-state index contributed by atoms with van der Waals surface area (Å²) in [6, 6.07) is 0. The van der Waals surface area contributed by atoms with E-state index in [0.717, 1.165) is 31.3 Å². The Hall–Kier alpha value is -1.14. The first-order valence-corrected chi connectivity index (χ1v) is 26.9. The van der Waals surface area contributed by atoms with Crippen molar-refractivity contribution in [3.05, 3.63) is 11.6 Å². The van der Waals surface area contributed by atoms with Crippen LogP contribution in [-0.2, 0) is 37.9 Å². The first-order chi connectivity index (χ1) is 34.7. The number of aliphatic hydroxyl groups excluding tert-OH is 14. The third-order valence-electron chi connectivity index (χ3n) is 19.9. The van der Waals surface area contributed by atoms with Crippen LogP contribution in [-0.4, -0.2) is 232 Å². The standard InChI is InChI=1S/C52H88O22/c1-22(2)9-8-14-52(7,74-47-43(66)39(62)37(60)31(71-47)21-68-45-41(64)34(57)28(56)20-67-45)25-13-16-51(6)33(25)27(55)17-26-23-10-11-32(49(3,4)24(23)12-15-50(26,51)5)72-48-44(40(63)36(59)30(19-54)70-48)73-46-42(65)38(61)35(58)29(18-53)69-46/h9,23-48,53-66H,8,10-21H2,1-7H3/t23?,24?,25?,26?,27?,28-,29-,30-,31-,32?,33?,34+,35-,36-,37-,38+,39+,40+,41-,42-,43-,44-,45-,46+,47+,48+,50?,51?,52?/m1/s1. The van der Waals surface area contributed by atoms with Crippen molar-refractivity contribution in [2.45, 2.75) is 241 Å². The molecule has 74 heavy (non-hydrogen) atoms. The van der Waals surface area contributed by atoms with Gasteiger partial charge in [0.1, 0.15) is 91.6 Å². The van der Waals surface area contributed by atoms with E-state index in [4.69, 9.17) is 37.9 Å². The number of hydrogen-bond acceptors (Lipinski definition) is 22. The highest BCUT2D eigenvalue weighted by molar-refractivity contribution is 5.18. The van der Waals surface area contributed by atoms with Crippen molar-refractivity contribution in [1.82, 2.24) is 0 Å². The molecule has 4 aliphatic carbocycles. The van der Waals surface area contributed by atoms with Crippen molar-refractivity contribution in [2.24, 2.45) is 45.8 Å². The van der Waals surface area contributed by atoms with E-state index in [1.54, 1.807) is 0 Å². The van der Waals surface area contributed by atoms with E-state index in [9.17, 15) is 71.5 Å². The van der Waals surface area contributed by atoms with Crippen molar-refractivity contribution in [3.8, 4) is 0 Å². The maximum atomic E-state index is 12.7. The third kappa shape index (κ3) is 10.6. The lowest BCUT2D eigenvalue weighted by atomic mass is 9.39. The van der Waals surface area contributed by atoms with Gasteiger partial charge in [-0.25, -0.2) is 0 Å². The fourth-order valence-electron chi connectivity index (χ4n) is 15.3. The average Bonchev–Trinajstić information content (AvgIpc) is 3.74. The maximum absolute atomic E-state index is 12.7. The predicted molar refractivity (Wildman–Crippen MR) is 256 cm³/mol. The van der Waals surface area contributed by atoms with Crippen LogP contribution in [0.5, 0.6) is 0 Å². The molecule has 0 radical (unpaired) electrons. The molecule has 0 aromatic heterocycles. The lowest BCUT2D eigenvalue weighted by Gasteiger charge is -2.67. The molecule has 22 nitrogen and oxygen atoms in total. The molecule has 0 amide bonds. The molecule has 4 saturated heterocycles. The van der Waals surface area contributed by atoms with Crippen LogP contribution in [0.2, 0.25) is 0 Å². The Morgan fingerprint density at radius 2 is 1.18 bits per heavy atom. The van der Waals surface area contributed by atoms with Gasteiger partial charge in [-0.15, -0.1) is 0 Å². The first kappa shape index (κ1) is 59.0. The summed E-state index contributed by atoms with van der Waals surface area (Å²) in [7, 11) is 0. The monoisotopic (exact) mass is 1060 g/mol. The quantitative estimate of drug-likeness (QED) is 0.0626. The fourth-order valence-corrected chi connectivity index (χ4v) is 15.3. The maximum Gasteiger partial charge on any atom is 0.187 e. The van der Waals surface area contributed by atoms with Gasteiger partial charge < -0.3 is 109 Å². The number of rotatable bonds is 15. The van der Waals surface area contributed by atoms with Gasteiger partial charge in [0.05, 0.1) is 44.2 Å². The summed E-state index contributed by atoms with van der Waals surface area (Å²) < 4.78 is 48.6. The summed E-state index contributed by atoms with van der Waals surface area (Å²) in [5.41, 5.74) is -1.06. The molecule has 4 saturated carbocycles. The van der Waals surface area contributed by atoms with Gasteiger partial charge in [-0.3, -0.25) is 0 Å². The molecule has 4 aliphatic heterocycles. The van der Waals surface area contributed by atoms with Crippen molar-refractivity contribution < 1.29 is 109 Å². The van der Waals surface area contributed by atoms with E-state index in [1.807, 2.05) is 20.8 Å². The summed E-state index contributed by atoms with van der Waals surface area (Å²) in [6.45, 7) is 12.8. The van der Waals surface area contributed by atoms with E-state index in [1.165, 1.54) is 0 Å². The Bertz CT molecular complexity index is 1890. The number of fused-ring (bicyclic) bond motifs is 5. The molecule has 4 heterocycles. The van der Waals surface area contributed by atoms with Gasteiger partial charge in [-0.2, -0.15) is 0 Å². The van der Waals surface area contributed by atoms with Gasteiger partial charge in [-0.05, 0) is 124 Å². The molecule has 0 spiro atoms. The minimum atomic E-state index is -1.81. The zero-order valence-electron chi connectivity index (χ0n) is 43.8. The van der Waals surface area contributed by atoms with Crippen molar-refractivity contribution in [2.75, 3.05) is 26.4 Å². The number of allylic oxidation sites excluding steroid dienone is 2. The summed E-state index contributed by atoms with van der Waals surface area (Å²) >= 11 is 0. The zero-order valence-corrected chi connectivity index (χ0v) is 43.8. The Morgan fingerprint density at radius 3 is 1.82 bits per heavy atom. The van der Waals surface area contributed by atoms with E-state index in [2.05, 4.69) is 33.8 Å². The van der Waals surface area contributed by atoms with Crippen molar-refractivity contribution in [1.29, 1.82) is 0 Å². The Kier molecular flexibility index (Phi) is 18.2. The summed E-state index contributed by atoms with van der Waals surface area (Å²) in [5.74, 6) is -0.0880. The van der Waals surface area contributed by atoms with E-state index >= 15 is 0 Å². The van der Waals surface area contributed by atoms with Crippen LogP contribution in [0.1, 0.15) is 106 Å². The summed E-state index contributed by atoms with van der Waals surface area (Å²) in [4.78, 5) is 0. The van der Waals surface area contributed by atoms with Gasteiger partial charge in [0.15, 0.2) is 25.2 Å². The molecule has 14 N–H and O–H groups in total. The molecule has 8 fully saturated rings. The van der Waals surface area contributed by atoms with E-state index < -0.39 is 160 Å². The van der Waals surface area contributed by atoms with E-state index in [-0.39, 0.29) is 47.0 Å². The molecule has 29 atom stereocenters. The molecule has 8 aliphatic rings. The molecule has 10 unspecified atom stereocenters. The second-order valence-corrected chi connectivity index (χ2v) is 24.6. The van der Waals surface area contributed by atoms with Gasteiger partial charge in [0.2, 0.25) is 0 Å². The minimum absolute atomic E-state index is 0.104. The normalized spacial score (nSPS) is 52.3. The summed E-state index contributed by atoms with van der Waals surface area (Å²) in [6.07, 6.45) is -22.3. The van der Waals surface area contributed by atoms with Crippen LogP contribution in [0.4, 0.5) is 0 Å². The highest BCUT2D eigenvalue weighted by Gasteiger charge is 2.70. The lowest BCUT2D eigenvalue weighted by molar-refractivity contribution is -0.377. The second-order valence-electron chi connectivity index (χ2n) is 24.6. The molecule has 0 bridgehead atoms. The van der Waals surface area contributed by atoms with Crippen molar-refractivity contribution in [3.63, 3.8) is 0 Å². The molecule has 0 aromatic rings. The topological polar surface area (TPSA) is 357 Å². The Balaban J connectivity index is 0.993. The third-order valence-corrected chi connectivity index (χ3v) is 19.9. The van der Waals surface area contributed by atoms with E-state index in [0.29, 0.717) is 32.1 Å². The van der Waals surface area contributed by atoms with Crippen LogP contribution >= 0.6 is 0 Å². The fraction of sp³-hybridized carbons (Fsp3) is 0.962. The van der Waals surface area contributed by atoms with Gasteiger partial charge in [0, 0.05) is 0 Å². The molecular weight excluding hydrogens is 977 g/mol. The van der Waals surface area contributed by atoms with Crippen LogP contribution in [0, 0.1) is 45.8 Å². The van der Waals surface area contributed by atoms with Gasteiger partial charge >= 0.3 is 0 Å². The van der Waals surface area contributed by atoms with Gasteiger partial charge in [-0.1, -0.05) is 39.3 Å². The largest absolute Gasteiger partial charge is 0.394 e. The highest BCUT2D eigenvalue weighted by atomic mass is 16.8.